The van der Waals surface area contributed by atoms with Gasteiger partial charge < -0.3 is 14.4 Å². The molecule has 0 saturated carbocycles. The van der Waals surface area contributed by atoms with Crippen LogP contribution in [0.1, 0.15) is 22.4 Å². The average molecular weight is 425 g/mol. The number of aliphatic hydroxyl groups is 1. The van der Waals surface area contributed by atoms with Crippen molar-refractivity contribution in [3.63, 3.8) is 0 Å². The molecule has 0 aliphatic heterocycles. The van der Waals surface area contributed by atoms with Gasteiger partial charge in [0.15, 0.2) is 11.2 Å². The highest BCUT2D eigenvalue weighted by Crippen LogP contribution is 2.17. The van der Waals surface area contributed by atoms with Crippen molar-refractivity contribution >= 4 is 16.9 Å². The zero-order chi connectivity index (χ0) is 22.3. The van der Waals surface area contributed by atoms with Crippen molar-refractivity contribution in [3.8, 4) is 0 Å². The molecule has 4 rings (SSSR count). The van der Waals surface area contributed by atoms with Gasteiger partial charge in [0.05, 0.1) is 26.4 Å². The van der Waals surface area contributed by atoms with Crippen LogP contribution in [0.4, 0.5) is 0 Å². The number of fused-ring (bicyclic) bond motifs is 3. The molecule has 0 aliphatic rings. The second-order valence-corrected chi connectivity index (χ2v) is 7.87. The van der Waals surface area contributed by atoms with Crippen LogP contribution < -0.4 is 11.2 Å². The Kier molecular flexibility index (Phi) is 5.55. The van der Waals surface area contributed by atoms with E-state index in [-0.39, 0.29) is 25.3 Å². The lowest BCUT2D eigenvalue weighted by molar-refractivity contribution is 0.0872. The molecule has 0 aliphatic carbocycles. The summed E-state index contributed by atoms with van der Waals surface area (Å²) in [6.45, 7) is 7.27. The molecular weight excluding hydrogens is 398 g/mol. The Morgan fingerprint density at radius 3 is 2.61 bits per heavy atom. The summed E-state index contributed by atoms with van der Waals surface area (Å²) in [6, 6.07) is 6.02. The first kappa shape index (κ1) is 21.1. The van der Waals surface area contributed by atoms with Gasteiger partial charge in [-0.3, -0.25) is 18.3 Å². The first-order valence-corrected chi connectivity index (χ1v) is 10.3. The van der Waals surface area contributed by atoms with Crippen LogP contribution in [0.5, 0.6) is 0 Å². The van der Waals surface area contributed by atoms with Gasteiger partial charge in [0, 0.05) is 25.5 Å². The summed E-state index contributed by atoms with van der Waals surface area (Å²) in [4.78, 5) is 31.1. The Morgan fingerprint density at radius 1 is 1.10 bits per heavy atom. The van der Waals surface area contributed by atoms with Crippen LogP contribution in [0, 0.1) is 20.8 Å². The van der Waals surface area contributed by atoms with E-state index in [1.54, 1.807) is 11.4 Å². The van der Waals surface area contributed by atoms with Gasteiger partial charge >= 0.3 is 5.69 Å². The summed E-state index contributed by atoms with van der Waals surface area (Å²) >= 11 is 0. The minimum absolute atomic E-state index is 0.0323. The third kappa shape index (κ3) is 3.60. The maximum absolute atomic E-state index is 13.4. The van der Waals surface area contributed by atoms with Crippen LogP contribution in [0.25, 0.3) is 16.9 Å². The zero-order valence-corrected chi connectivity index (χ0v) is 18.3. The van der Waals surface area contributed by atoms with E-state index < -0.39 is 5.69 Å². The predicted octanol–water partition coefficient (Wildman–Crippen LogP) is 1.13. The number of aromatic nitrogens is 5. The summed E-state index contributed by atoms with van der Waals surface area (Å²) in [6.07, 6.45) is 1.85. The van der Waals surface area contributed by atoms with Crippen molar-refractivity contribution < 1.29 is 9.84 Å². The summed E-state index contributed by atoms with van der Waals surface area (Å²) in [5.74, 6) is 0.580. The number of imidazole rings is 2. The summed E-state index contributed by atoms with van der Waals surface area (Å²) < 4.78 is 11.8. The molecule has 1 N–H and O–H groups in total. The number of hydrogen-bond donors (Lipinski definition) is 1. The number of aryl methyl sites for hydroxylation is 4. The quantitative estimate of drug-likeness (QED) is 0.448. The molecule has 9 heteroatoms. The highest BCUT2D eigenvalue weighted by atomic mass is 16.5. The van der Waals surface area contributed by atoms with Gasteiger partial charge in [0.2, 0.25) is 5.78 Å². The monoisotopic (exact) mass is 425 g/mol. The number of nitrogens with zero attached hydrogens (tertiary/aromatic N) is 5. The van der Waals surface area contributed by atoms with E-state index in [2.05, 4.69) is 4.98 Å². The van der Waals surface area contributed by atoms with E-state index in [0.29, 0.717) is 30.1 Å². The molecule has 31 heavy (non-hydrogen) atoms. The summed E-state index contributed by atoms with van der Waals surface area (Å²) in [5, 5.41) is 8.88. The first-order chi connectivity index (χ1) is 14.8. The third-order valence-corrected chi connectivity index (χ3v) is 5.67. The van der Waals surface area contributed by atoms with Crippen LogP contribution in [-0.4, -0.2) is 48.0 Å². The highest BCUT2D eigenvalue weighted by Gasteiger charge is 2.20. The van der Waals surface area contributed by atoms with Gasteiger partial charge in [-0.25, -0.2) is 4.79 Å². The van der Waals surface area contributed by atoms with Crippen LogP contribution in [0.15, 0.2) is 34.0 Å². The maximum atomic E-state index is 13.4. The highest BCUT2D eigenvalue weighted by molar-refractivity contribution is 5.75. The van der Waals surface area contributed by atoms with Gasteiger partial charge in [0.25, 0.3) is 5.56 Å². The second kappa shape index (κ2) is 8.16. The topological polar surface area (TPSA) is 95.7 Å². The van der Waals surface area contributed by atoms with Crippen molar-refractivity contribution in [1.82, 2.24) is 23.1 Å². The fraction of sp³-hybridized carbons (Fsp3) is 0.409. The van der Waals surface area contributed by atoms with Gasteiger partial charge in [-0.15, -0.1) is 0 Å². The molecule has 4 aromatic rings. The molecule has 3 aromatic heterocycles. The van der Waals surface area contributed by atoms with E-state index in [0.717, 1.165) is 22.4 Å². The Labute approximate surface area is 178 Å². The van der Waals surface area contributed by atoms with Gasteiger partial charge in [0.1, 0.15) is 0 Å². The Bertz CT molecular complexity index is 1390. The van der Waals surface area contributed by atoms with Crippen molar-refractivity contribution in [1.29, 1.82) is 0 Å². The van der Waals surface area contributed by atoms with Gasteiger partial charge in [-0.1, -0.05) is 23.8 Å². The molecular formula is C22H27N5O4. The summed E-state index contributed by atoms with van der Waals surface area (Å²) in [7, 11) is 1.64. The zero-order valence-electron chi connectivity index (χ0n) is 18.3. The van der Waals surface area contributed by atoms with Crippen molar-refractivity contribution in [2.45, 2.75) is 33.9 Å². The van der Waals surface area contributed by atoms with Crippen LogP contribution in [0.2, 0.25) is 0 Å². The van der Waals surface area contributed by atoms with Crippen LogP contribution in [-0.2, 0) is 24.9 Å². The van der Waals surface area contributed by atoms with E-state index in [1.165, 1.54) is 9.13 Å². The number of aliphatic hydroxyl groups excluding tert-OH is 1. The molecule has 0 atom stereocenters. The fourth-order valence-corrected chi connectivity index (χ4v) is 3.93. The van der Waals surface area contributed by atoms with Crippen molar-refractivity contribution in [2.24, 2.45) is 7.05 Å². The minimum atomic E-state index is -0.395. The van der Waals surface area contributed by atoms with E-state index >= 15 is 0 Å². The van der Waals surface area contributed by atoms with Crippen LogP contribution >= 0.6 is 0 Å². The molecule has 1 aromatic carbocycles. The molecule has 3 heterocycles. The van der Waals surface area contributed by atoms with Crippen molar-refractivity contribution in [2.75, 3.05) is 19.8 Å². The van der Waals surface area contributed by atoms with Crippen LogP contribution in [0.3, 0.4) is 0 Å². The average Bonchev–Trinajstić information content (AvgIpc) is 3.24. The molecule has 0 unspecified atom stereocenters. The minimum Gasteiger partial charge on any atom is -0.394 e. The van der Waals surface area contributed by atoms with E-state index in [9.17, 15) is 9.59 Å². The molecule has 0 spiro atoms. The molecule has 0 saturated heterocycles. The van der Waals surface area contributed by atoms with Crippen molar-refractivity contribution in [3.05, 3.63) is 67.6 Å². The molecule has 0 bridgehead atoms. The van der Waals surface area contributed by atoms with Gasteiger partial charge in [-0.2, -0.15) is 4.98 Å². The number of benzene rings is 1. The lowest BCUT2D eigenvalue weighted by Crippen LogP contribution is -2.39. The molecule has 9 nitrogen and oxygen atoms in total. The maximum Gasteiger partial charge on any atom is 0.332 e. The SMILES string of the molecule is Cc1ccc(C)c(Cn2c(=O)c3c(nc4n(CCOCCO)c(C)cn34)n(C)c2=O)c1. The Balaban J connectivity index is 1.87. The third-order valence-electron chi connectivity index (χ3n) is 5.67. The Hall–Kier alpha value is -3.17. The molecule has 0 radical (unpaired) electrons. The second-order valence-electron chi connectivity index (χ2n) is 7.87. The number of rotatable bonds is 7. The lowest BCUT2D eigenvalue weighted by atomic mass is 10.1. The number of ether oxygens (including phenoxy) is 1. The number of hydrogen-bond acceptors (Lipinski definition) is 5. The normalized spacial score (nSPS) is 11.8. The van der Waals surface area contributed by atoms with E-state index in [1.807, 2.05) is 49.7 Å². The largest absolute Gasteiger partial charge is 0.394 e. The predicted molar refractivity (Wildman–Crippen MR) is 118 cm³/mol. The fourth-order valence-electron chi connectivity index (χ4n) is 3.93. The first-order valence-electron chi connectivity index (χ1n) is 10.3. The lowest BCUT2D eigenvalue weighted by Gasteiger charge is -2.11. The molecule has 0 fully saturated rings. The van der Waals surface area contributed by atoms with E-state index in [4.69, 9.17) is 9.84 Å². The molecule has 164 valence electrons. The molecule has 0 amide bonds. The smallest absolute Gasteiger partial charge is 0.332 e. The summed E-state index contributed by atoms with van der Waals surface area (Å²) in [5.41, 5.74) is 3.94. The van der Waals surface area contributed by atoms with Gasteiger partial charge in [-0.05, 0) is 31.9 Å². The standard InChI is InChI=1S/C22H27N5O4/c1-14-5-6-15(2)17(11-14)13-27-20(29)18-19(24(4)22(27)30)23-21-25(7-9-31-10-8-28)16(3)12-26(18)21/h5-6,11-12,28H,7-10,13H2,1-4H3. The Morgan fingerprint density at radius 2 is 1.87 bits per heavy atom.